The first kappa shape index (κ1) is 12.9. The average molecular weight is 244 g/mol. The molecule has 2 N–H and O–H groups in total. The lowest BCUT2D eigenvalue weighted by atomic mass is 10.0. The molecule has 0 amide bonds. The first-order chi connectivity index (χ1) is 7.20. The van der Waals surface area contributed by atoms with Crippen LogP contribution >= 0.6 is 24.4 Å². The molecule has 0 spiro atoms. The highest BCUT2D eigenvalue weighted by atomic mass is 32.2. The van der Waals surface area contributed by atoms with E-state index in [1.807, 2.05) is 30.5 Å². The van der Waals surface area contributed by atoms with E-state index in [4.69, 9.17) is 0 Å². The molecule has 2 unspecified atom stereocenters. The molecule has 0 bridgehead atoms. The van der Waals surface area contributed by atoms with Crippen molar-refractivity contribution < 1.29 is 10.2 Å². The van der Waals surface area contributed by atoms with Crippen molar-refractivity contribution in [2.24, 2.45) is 0 Å². The zero-order chi connectivity index (χ0) is 11.3. The minimum Gasteiger partial charge on any atom is -0.390 e. The zero-order valence-electron chi connectivity index (χ0n) is 8.63. The summed E-state index contributed by atoms with van der Waals surface area (Å²) in [6, 6.07) is 7.58. The van der Waals surface area contributed by atoms with Gasteiger partial charge in [0, 0.05) is 4.90 Å². The normalized spacial score (nSPS) is 14.9. The van der Waals surface area contributed by atoms with Crippen molar-refractivity contribution in [3.05, 3.63) is 29.8 Å². The minimum absolute atomic E-state index is 0.493. The number of hydrogen-bond donors (Lipinski definition) is 3. The third-order valence-corrected chi connectivity index (χ3v) is 3.32. The monoisotopic (exact) mass is 244 g/mol. The molecule has 0 saturated carbocycles. The molecule has 4 heteroatoms. The molecule has 0 aromatic heterocycles. The fourth-order valence-corrected chi connectivity index (χ4v) is 2.31. The zero-order valence-corrected chi connectivity index (χ0v) is 10.3. The lowest BCUT2D eigenvalue weighted by Gasteiger charge is -2.19. The summed E-state index contributed by atoms with van der Waals surface area (Å²) in [6.45, 7) is 0. The van der Waals surface area contributed by atoms with Crippen LogP contribution in [-0.4, -0.2) is 28.3 Å². The van der Waals surface area contributed by atoms with E-state index in [0.29, 0.717) is 12.2 Å². The Morgan fingerprint density at radius 2 is 2.00 bits per heavy atom. The van der Waals surface area contributed by atoms with Crippen LogP contribution in [0.5, 0.6) is 0 Å². The predicted octanol–water partition coefficient (Wildman–Crippen LogP) is 2.12. The molecule has 0 aliphatic rings. The Balaban J connectivity index is 2.84. The smallest absolute Gasteiger partial charge is 0.106 e. The quantitative estimate of drug-likeness (QED) is 0.549. The molecule has 2 atom stereocenters. The van der Waals surface area contributed by atoms with E-state index in [0.717, 1.165) is 10.5 Å². The Hall–Kier alpha value is -0.160. The van der Waals surface area contributed by atoms with Gasteiger partial charge in [0.15, 0.2) is 0 Å². The molecule has 0 saturated heterocycles. The summed E-state index contributed by atoms with van der Waals surface area (Å²) >= 11 is 5.61. The van der Waals surface area contributed by atoms with Gasteiger partial charge in [0.2, 0.25) is 0 Å². The highest BCUT2D eigenvalue weighted by Crippen LogP contribution is 2.28. The van der Waals surface area contributed by atoms with Crippen LogP contribution in [0.15, 0.2) is 29.2 Å². The maximum absolute atomic E-state index is 9.93. The SMILES string of the molecule is CSc1ccccc1C(O)C(O)CCS. The molecule has 1 rings (SSSR count). The van der Waals surface area contributed by atoms with Gasteiger partial charge < -0.3 is 10.2 Å². The number of aliphatic hydroxyl groups excluding tert-OH is 2. The largest absolute Gasteiger partial charge is 0.390 e. The summed E-state index contributed by atoms with van der Waals surface area (Å²) in [5.41, 5.74) is 0.791. The molecule has 84 valence electrons. The van der Waals surface area contributed by atoms with E-state index in [1.165, 1.54) is 0 Å². The second kappa shape index (κ2) is 6.43. The first-order valence-corrected chi connectivity index (χ1v) is 6.66. The lowest BCUT2D eigenvalue weighted by molar-refractivity contribution is 0.0157. The molecule has 15 heavy (non-hydrogen) atoms. The van der Waals surface area contributed by atoms with Crippen LogP contribution in [0, 0.1) is 0 Å². The van der Waals surface area contributed by atoms with Crippen LogP contribution in [0.3, 0.4) is 0 Å². The fourth-order valence-electron chi connectivity index (χ4n) is 1.41. The van der Waals surface area contributed by atoms with Gasteiger partial charge in [-0.15, -0.1) is 11.8 Å². The summed E-state index contributed by atoms with van der Waals surface area (Å²) in [7, 11) is 0. The van der Waals surface area contributed by atoms with Crippen LogP contribution in [0.2, 0.25) is 0 Å². The van der Waals surface area contributed by atoms with Gasteiger partial charge in [-0.05, 0) is 30.1 Å². The van der Waals surface area contributed by atoms with Crippen LogP contribution in [0.1, 0.15) is 18.1 Å². The molecule has 0 radical (unpaired) electrons. The second-order valence-corrected chi connectivity index (χ2v) is 4.56. The van der Waals surface area contributed by atoms with Crippen LogP contribution < -0.4 is 0 Å². The number of rotatable bonds is 5. The van der Waals surface area contributed by atoms with Crippen molar-refractivity contribution in [3.8, 4) is 0 Å². The van der Waals surface area contributed by atoms with E-state index >= 15 is 0 Å². The molecular formula is C11H16O2S2. The van der Waals surface area contributed by atoms with E-state index in [2.05, 4.69) is 12.6 Å². The summed E-state index contributed by atoms with van der Waals surface area (Å²) in [5, 5.41) is 19.6. The van der Waals surface area contributed by atoms with E-state index < -0.39 is 12.2 Å². The summed E-state index contributed by atoms with van der Waals surface area (Å²) < 4.78 is 0. The van der Waals surface area contributed by atoms with Gasteiger partial charge in [-0.1, -0.05) is 18.2 Å². The van der Waals surface area contributed by atoms with E-state index in [-0.39, 0.29) is 0 Å². The average Bonchev–Trinajstić information content (AvgIpc) is 2.28. The van der Waals surface area contributed by atoms with Crippen molar-refractivity contribution in [2.45, 2.75) is 23.5 Å². The highest BCUT2D eigenvalue weighted by Gasteiger charge is 2.19. The second-order valence-electron chi connectivity index (χ2n) is 3.27. The third-order valence-electron chi connectivity index (χ3n) is 2.25. The highest BCUT2D eigenvalue weighted by molar-refractivity contribution is 7.98. The lowest BCUT2D eigenvalue weighted by Crippen LogP contribution is -2.19. The van der Waals surface area contributed by atoms with Gasteiger partial charge in [-0.25, -0.2) is 0 Å². The molecule has 0 aliphatic carbocycles. The number of benzene rings is 1. The van der Waals surface area contributed by atoms with Gasteiger partial charge in [0.05, 0.1) is 6.10 Å². The molecule has 0 aliphatic heterocycles. The predicted molar refractivity (Wildman–Crippen MR) is 67.7 cm³/mol. The summed E-state index contributed by atoms with van der Waals surface area (Å²) in [6.07, 6.45) is 0.889. The number of thioether (sulfide) groups is 1. The van der Waals surface area contributed by atoms with Gasteiger partial charge >= 0.3 is 0 Å². The Morgan fingerprint density at radius 3 is 2.60 bits per heavy atom. The first-order valence-electron chi connectivity index (χ1n) is 4.80. The van der Waals surface area contributed by atoms with Crippen LogP contribution in [0.25, 0.3) is 0 Å². The van der Waals surface area contributed by atoms with Crippen molar-refractivity contribution >= 4 is 24.4 Å². The molecule has 0 fully saturated rings. The Kier molecular flexibility index (Phi) is 5.53. The fraction of sp³-hybridized carbons (Fsp3) is 0.455. The van der Waals surface area contributed by atoms with Crippen LogP contribution in [-0.2, 0) is 0 Å². The van der Waals surface area contributed by atoms with Gasteiger partial charge in [-0.3, -0.25) is 0 Å². The summed E-state index contributed by atoms with van der Waals surface area (Å²) in [5.74, 6) is 0.569. The van der Waals surface area contributed by atoms with Crippen molar-refractivity contribution in [2.75, 3.05) is 12.0 Å². The van der Waals surface area contributed by atoms with E-state index in [9.17, 15) is 10.2 Å². The maximum atomic E-state index is 9.93. The van der Waals surface area contributed by atoms with Gasteiger partial charge in [0.1, 0.15) is 6.10 Å². The maximum Gasteiger partial charge on any atom is 0.106 e. The molecule has 2 nitrogen and oxygen atoms in total. The molecular weight excluding hydrogens is 228 g/mol. The number of aliphatic hydroxyl groups is 2. The molecule has 1 aromatic rings. The molecule has 0 heterocycles. The van der Waals surface area contributed by atoms with Crippen molar-refractivity contribution in [1.82, 2.24) is 0 Å². The van der Waals surface area contributed by atoms with E-state index in [1.54, 1.807) is 11.8 Å². The Labute approximate surface area is 100 Å². The number of hydrogen-bond acceptors (Lipinski definition) is 4. The Bertz CT molecular complexity index is 304. The minimum atomic E-state index is -0.819. The summed E-state index contributed by atoms with van der Waals surface area (Å²) in [4.78, 5) is 1.00. The van der Waals surface area contributed by atoms with Crippen molar-refractivity contribution in [1.29, 1.82) is 0 Å². The topological polar surface area (TPSA) is 40.5 Å². The van der Waals surface area contributed by atoms with Crippen LogP contribution in [0.4, 0.5) is 0 Å². The third kappa shape index (κ3) is 3.41. The van der Waals surface area contributed by atoms with Gasteiger partial charge in [0.25, 0.3) is 0 Å². The van der Waals surface area contributed by atoms with Gasteiger partial charge in [-0.2, -0.15) is 12.6 Å². The molecule has 1 aromatic carbocycles. The number of thiol groups is 1. The Morgan fingerprint density at radius 1 is 1.33 bits per heavy atom. The van der Waals surface area contributed by atoms with Crippen molar-refractivity contribution in [3.63, 3.8) is 0 Å². The standard InChI is InChI=1S/C11H16O2S2/c1-15-10-5-3-2-4-8(10)11(13)9(12)6-7-14/h2-5,9,11-14H,6-7H2,1H3.